The Morgan fingerprint density at radius 3 is 2.53 bits per heavy atom. The van der Waals surface area contributed by atoms with Crippen molar-refractivity contribution in [3.05, 3.63) is 83.8 Å². The third kappa shape index (κ3) is 4.63. The van der Waals surface area contributed by atoms with Gasteiger partial charge < -0.3 is 19.5 Å². The van der Waals surface area contributed by atoms with E-state index in [9.17, 15) is 0 Å². The van der Waals surface area contributed by atoms with Crippen molar-refractivity contribution < 1.29 is 14.2 Å². The zero-order valence-electron chi connectivity index (χ0n) is 20.0. The predicted octanol–water partition coefficient (Wildman–Crippen LogP) is 5.77. The summed E-state index contributed by atoms with van der Waals surface area (Å²) in [4.78, 5) is 0. The molecule has 0 radical (unpaired) electrons. The van der Waals surface area contributed by atoms with E-state index in [4.69, 9.17) is 25.8 Å². The third-order valence-electron chi connectivity index (χ3n) is 5.91. The molecule has 2 aromatic heterocycles. The van der Waals surface area contributed by atoms with Gasteiger partial charge in [0.05, 0.1) is 56.8 Å². The molecule has 0 fully saturated rings. The van der Waals surface area contributed by atoms with Crippen molar-refractivity contribution in [3.63, 3.8) is 0 Å². The lowest BCUT2D eigenvalue weighted by Crippen LogP contribution is -2.03. The molecule has 36 heavy (non-hydrogen) atoms. The first kappa shape index (κ1) is 23.4. The van der Waals surface area contributed by atoms with Gasteiger partial charge in [-0.3, -0.25) is 0 Å². The highest BCUT2D eigenvalue weighted by atomic mass is 35.5. The van der Waals surface area contributed by atoms with E-state index in [0.717, 1.165) is 50.5 Å². The molecular formula is C27H24ClN5O3. The van der Waals surface area contributed by atoms with Crippen LogP contribution in [0.5, 0.6) is 17.2 Å². The summed E-state index contributed by atoms with van der Waals surface area (Å²) in [5.74, 6) is 2.16. The van der Waals surface area contributed by atoms with Crippen molar-refractivity contribution in [1.82, 2.24) is 20.0 Å². The maximum absolute atomic E-state index is 6.36. The first-order chi connectivity index (χ1) is 17.6. The number of fused-ring (bicyclic) bond motifs is 1. The van der Waals surface area contributed by atoms with Crippen molar-refractivity contribution in [3.8, 4) is 34.1 Å². The van der Waals surface area contributed by atoms with Crippen LogP contribution in [0.4, 0.5) is 5.69 Å². The standard InChI is InChI=1S/C27H24ClN5O3/c1-34-20-7-4-18(27(12-20)36-3)13-29-25-15-30-32-24-10-17(5-8-22(24)25)23-11-19(28)6-9-26(23)33-16-21(35-2)14-31-33/h4-12,14-16H,13H2,1-3H3,(H,29,32). The van der Waals surface area contributed by atoms with E-state index < -0.39 is 0 Å². The van der Waals surface area contributed by atoms with Crippen LogP contribution in [-0.2, 0) is 6.54 Å². The Bertz CT molecular complexity index is 1540. The Kier molecular flexibility index (Phi) is 6.60. The zero-order chi connectivity index (χ0) is 25.1. The number of anilines is 1. The summed E-state index contributed by atoms with van der Waals surface area (Å²) in [7, 11) is 4.89. The van der Waals surface area contributed by atoms with Crippen LogP contribution in [0, 0.1) is 0 Å². The van der Waals surface area contributed by atoms with E-state index in [1.807, 2.05) is 60.8 Å². The molecule has 0 unspecified atom stereocenters. The number of rotatable bonds is 8. The Balaban J connectivity index is 1.48. The molecule has 5 rings (SSSR count). The Hall–Kier alpha value is -4.30. The number of hydrogen-bond donors (Lipinski definition) is 1. The number of hydrogen-bond acceptors (Lipinski definition) is 7. The molecular weight excluding hydrogens is 478 g/mol. The molecule has 8 nitrogen and oxygen atoms in total. The van der Waals surface area contributed by atoms with Crippen LogP contribution in [0.15, 0.2) is 73.2 Å². The molecule has 0 amide bonds. The van der Waals surface area contributed by atoms with Crippen LogP contribution in [0.25, 0.3) is 27.7 Å². The number of methoxy groups -OCH3 is 3. The van der Waals surface area contributed by atoms with Crippen LogP contribution in [-0.4, -0.2) is 41.3 Å². The van der Waals surface area contributed by atoms with Crippen molar-refractivity contribution in [1.29, 1.82) is 0 Å². The topological polar surface area (TPSA) is 83.3 Å². The van der Waals surface area contributed by atoms with E-state index in [0.29, 0.717) is 17.3 Å². The SMILES string of the molecule is COc1ccc(CNc2cnnc3cc(-c4cc(Cl)ccc4-n4cc(OC)cn4)ccc23)c(OC)c1. The zero-order valence-corrected chi connectivity index (χ0v) is 20.8. The fraction of sp³-hybridized carbons (Fsp3) is 0.148. The second kappa shape index (κ2) is 10.1. The van der Waals surface area contributed by atoms with Gasteiger partial charge in [0.2, 0.25) is 0 Å². The van der Waals surface area contributed by atoms with Crippen LogP contribution in [0.3, 0.4) is 0 Å². The maximum atomic E-state index is 6.36. The lowest BCUT2D eigenvalue weighted by Gasteiger charge is -2.14. The average Bonchev–Trinajstić information content (AvgIpc) is 3.40. The van der Waals surface area contributed by atoms with Gasteiger partial charge in [-0.2, -0.15) is 15.3 Å². The molecule has 0 atom stereocenters. The molecule has 5 aromatic rings. The van der Waals surface area contributed by atoms with Crippen molar-refractivity contribution in [2.75, 3.05) is 26.6 Å². The lowest BCUT2D eigenvalue weighted by atomic mass is 10.0. The van der Waals surface area contributed by atoms with E-state index in [1.165, 1.54) is 0 Å². The highest BCUT2D eigenvalue weighted by molar-refractivity contribution is 6.31. The van der Waals surface area contributed by atoms with Crippen LogP contribution >= 0.6 is 11.6 Å². The predicted molar refractivity (Wildman–Crippen MR) is 141 cm³/mol. The summed E-state index contributed by atoms with van der Waals surface area (Å²) >= 11 is 6.36. The molecule has 0 saturated heterocycles. The average molecular weight is 502 g/mol. The van der Waals surface area contributed by atoms with Gasteiger partial charge in [0.1, 0.15) is 11.5 Å². The van der Waals surface area contributed by atoms with Gasteiger partial charge in [-0.05, 0) is 48.0 Å². The minimum Gasteiger partial charge on any atom is -0.497 e. The quantitative estimate of drug-likeness (QED) is 0.289. The third-order valence-corrected chi connectivity index (χ3v) is 6.15. The minimum atomic E-state index is 0.551. The first-order valence-corrected chi connectivity index (χ1v) is 11.6. The molecule has 182 valence electrons. The number of nitrogens with zero attached hydrogens (tertiary/aromatic N) is 4. The summed E-state index contributed by atoms with van der Waals surface area (Å²) in [6.07, 6.45) is 5.21. The van der Waals surface area contributed by atoms with E-state index in [1.54, 1.807) is 38.4 Å². The Labute approximate surface area is 213 Å². The largest absolute Gasteiger partial charge is 0.497 e. The van der Waals surface area contributed by atoms with Gasteiger partial charge in [0, 0.05) is 34.1 Å². The van der Waals surface area contributed by atoms with E-state index >= 15 is 0 Å². The fourth-order valence-corrected chi connectivity index (χ4v) is 4.21. The van der Waals surface area contributed by atoms with E-state index in [-0.39, 0.29) is 0 Å². The highest BCUT2D eigenvalue weighted by Crippen LogP contribution is 2.33. The van der Waals surface area contributed by atoms with Gasteiger partial charge in [-0.25, -0.2) is 4.68 Å². The molecule has 0 spiro atoms. The number of benzene rings is 3. The van der Waals surface area contributed by atoms with Crippen LogP contribution in [0.2, 0.25) is 5.02 Å². The van der Waals surface area contributed by atoms with Gasteiger partial charge in [0.15, 0.2) is 5.75 Å². The molecule has 1 N–H and O–H groups in total. The van der Waals surface area contributed by atoms with Gasteiger partial charge in [-0.1, -0.05) is 17.7 Å². The van der Waals surface area contributed by atoms with Crippen molar-refractivity contribution in [2.45, 2.75) is 6.54 Å². The summed E-state index contributed by atoms with van der Waals surface area (Å²) < 4.78 is 17.9. The smallest absolute Gasteiger partial charge is 0.157 e. The van der Waals surface area contributed by atoms with Gasteiger partial charge in [0.25, 0.3) is 0 Å². The minimum absolute atomic E-state index is 0.551. The van der Waals surface area contributed by atoms with Crippen molar-refractivity contribution in [2.24, 2.45) is 0 Å². The summed E-state index contributed by atoms with van der Waals surface area (Å²) in [6, 6.07) is 17.5. The molecule has 9 heteroatoms. The summed E-state index contributed by atoms with van der Waals surface area (Å²) in [5, 5.41) is 18.0. The second-order valence-electron chi connectivity index (χ2n) is 8.01. The van der Waals surface area contributed by atoms with Crippen LogP contribution in [0.1, 0.15) is 5.56 Å². The highest BCUT2D eigenvalue weighted by Gasteiger charge is 2.13. The normalized spacial score (nSPS) is 10.9. The molecule has 0 bridgehead atoms. The summed E-state index contributed by atoms with van der Waals surface area (Å²) in [5.41, 5.74) is 5.35. The maximum Gasteiger partial charge on any atom is 0.157 e. The molecule has 0 aliphatic heterocycles. The number of ether oxygens (including phenoxy) is 3. The number of aromatic nitrogens is 4. The van der Waals surface area contributed by atoms with Crippen molar-refractivity contribution >= 4 is 28.2 Å². The molecule has 3 aromatic carbocycles. The number of halogens is 1. The monoisotopic (exact) mass is 501 g/mol. The van der Waals surface area contributed by atoms with Crippen LogP contribution < -0.4 is 19.5 Å². The molecule has 0 aliphatic rings. The number of nitrogens with one attached hydrogen (secondary N) is 1. The molecule has 0 aliphatic carbocycles. The van der Waals surface area contributed by atoms with Gasteiger partial charge >= 0.3 is 0 Å². The fourth-order valence-electron chi connectivity index (χ4n) is 4.04. The summed E-state index contributed by atoms with van der Waals surface area (Å²) in [6.45, 7) is 0.551. The van der Waals surface area contributed by atoms with Gasteiger partial charge in [-0.15, -0.1) is 0 Å². The van der Waals surface area contributed by atoms with E-state index in [2.05, 4.69) is 20.6 Å². The molecule has 2 heterocycles. The lowest BCUT2D eigenvalue weighted by molar-refractivity contribution is 0.391. The Morgan fingerprint density at radius 2 is 1.75 bits per heavy atom. The first-order valence-electron chi connectivity index (χ1n) is 11.2. The Morgan fingerprint density at radius 1 is 0.889 bits per heavy atom. The molecule has 0 saturated carbocycles. The second-order valence-corrected chi connectivity index (χ2v) is 8.44.